The maximum absolute atomic E-state index is 5.59. The molecule has 1 aromatic carbocycles. The summed E-state index contributed by atoms with van der Waals surface area (Å²) in [5.41, 5.74) is 1.29. The average molecular weight is 381 g/mol. The van der Waals surface area contributed by atoms with Gasteiger partial charge in [0, 0.05) is 23.5 Å². The summed E-state index contributed by atoms with van der Waals surface area (Å²) in [6.07, 6.45) is 2.50. The molecule has 118 valence electrons. The lowest BCUT2D eigenvalue weighted by molar-refractivity contribution is 0.243. The number of hydrogen-bond acceptors (Lipinski definition) is 3. The Balaban J connectivity index is 1.72. The van der Waals surface area contributed by atoms with Crippen molar-refractivity contribution in [3.05, 3.63) is 44.9 Å². The predicted molar refractivity (Wildman–Crippen MR) is 94.3 cm³/mol. The molecular weight excluding hydrogens is 360 g/mol. The van der Waals surface area contributed by atoms with E-state index < -0.39 is 0 Å². The van der Waals surface area contributed by atoms with E-state index >= 15 is 0 Å². The molecule has 2 aromatic rings. The molecular formula is C16H21BrN4S. The fourth-order valence-corrected chi connectivity index (χ4v) is 3.26. The van der Waals surface area contributed by atoms with Crippen LogP contribution >= 0.6 is 28.1 Å². The Hall–Kier alpha value is -0.980. The standard InChI is InChI=1S/C16H21BrN4S/c1-3-20-15(13-6-7-13)18-21(16(20)22)11-19(2)10-12-4-8-14(17)9-5-12/h4-5,8-9,13H,3,6-7,10-11H2,1-2H3. The van der Waals surface area contributed by atoms with Crippen LogP contribution in [0, 0.1) is 4.77 Å². The lowest BCUT2D eigenvalue weighted by Crippen LogP contribution is -2.22. The van der Waals surface area contributed by atoms with E-state index in [1.165, 1.54) is 24.2 Å². The molecule has 0 N–H and O–H groups in total. The van der Waals surface area contributed by atoms with Gasteiger partial charge in [-0.2, -0.15) is 5.10 Å². The first kappa shape index (κ1) is 15.9. The van der Waals surface area contributed by atoms with Crippen molar-refractivity contribution >= 4 is 28.1 Å². The molecule has 1 aromatic heterocycles. The third-order valence-corrected chi connectivity index (χ3v) is 4.91. The average Bonchev–Trinajstić information content (AvgIpc) is 3.28. The Labute approximate surface area is 144 Å². The van der Waals surface area contributed by atoms with Crippen LogP contribution in [0.5, 0.6) is 0 Å². The van der Waals surface area contributed by atoms with Gasteiger partial charge in [-0.25, -0.2) is 4.68 Å². The van der Waals surface area contributed by atoms with Gasteiger partial charge in [0.2, 0.25) is 0 Å². The molecule has 0 bridgehead atoms. The van der Waals surface area contributed by atoms with Gasteiger partial charge in [0.05, 0.1) is 6.67 Å². The Morgan fingerprint density at radius 2 is 2.00 bits per heavy atom. The third-order valence-electron chi connectivity index (χ3n) is 3.95. The molecule has 0 radical (unpaired) electrons. The molecule has 0 unspecified atom stereocenters. The topological polar surface area (TPSA) is 26.0 Å². The van der Waals surface area contributed by atoms with Gasteiger partial charge in [-0.1, -0.05) is 28.1 Å². The molecule has 22 heavy (non-hydrogen) atoms. The van der Waals surface area contributed by atoms with E-state index in [1.807, 2.05) is 4.68 Å². The Bertz CT molecular complexity index is 700. The fraction of sp³-hybridized carbons (Fsp3) is 0.500. The maximum Gasteiger partial charge on any atom is 0.199 e. The van der Waals surface area contributed by atoms with Crippen molar-refractivity contribution in [1.29, 1.82) is 0 Å². The summed E-state index contributed by atoms with van der Waals surface area (Å²) in [6, 6.07) is 8.43. The minimum atomic E-state index is 0.625. The monoisotopic (exact) mass is 380 g/mol. The predicted octanol–water partition coefficient (Wildman–Crippen LogP) is 4.16. The van der Waals surface area contributed by atoms with Crippen LogP contribution in [0.2, 0.25) is 0 Å². The summed E-state index contributed by atoms with van der Waals surface area (Å²) in [7, 11) is 2.10. The SMILES string of the molecule is CCn1c(C2CC2)nn(CN(C)Cc2ccc(Br)cc2)c1=S. The molecule has 0 spiro atoms. The quantitative estimate of drug-likeness (QED) is 0.703. The van der Waals surface area contributed by atoms with E-state index in [1.54, 1.807) is 0 Å². The largest absolute Gasteiger partial charge is 0.304 e. The lowest BCUT2D eigenvalue weighted by Gasteiger charge is -2.16. The van der Waals surface area contributed by atoms with Crippen LogP contribution < -0.4 is 0 Å². The van der Waals surface area contributed by atoms with Crippen molar-refractivity contribution in [3.63, 3.8) is 0 Å². The van der Waals surface area contributed by atoms with Crippen LogP contribution in [0.25, 0.3) is 0 Å². The van der Waals surface area contributed by atoms with Crippen molar-refractivity contribution in [2.24, 2.45) is 0 Å². The molecule has 1 heterocycles. The van der Waals surface area contributed by atoms with Gasteiger partial charge >= 0.3 is 0 Å². The highest BCUT2D eigenvalue weighted by molar-refractivity contribution is 9.10. The summed E-state index contributed by atoms with van der Waals surface area (Å²) >= 11 is 9.06. The minimum absolute atomic E-state index is 0.625. The second kappa shape index (κ2) is 6.64. The Morgan fingerprint density at radius 3 is 2.59 bits per heavy atom. The molecule has 0 saturated heterocycles. The second-order valence-electron chi connectivity index (χ2n) is 5.94. The van der Waals surface area contributed by atoms with Gasteiger partial charge in [0.1, 0.15) is 5.82 Å². The van der Waals surface area contributed by atoms with Crippen LogP contribution in [-0.4, -0.2) is 26.3 Å². The lowest BCUT2D eigenvalue weighted by atomic mass is 10.2. The smallest absolute Gasteiger partial charge is 0.199 e. The molecule has 1 aliphatic rings. The number of aromatic nitrogens is 3. The molecule has 0 amide bonds. The molecule has 1 saturated carbocycles. The summed E-state index contributed by atoms with van der Waals surface area (Å²) in [5, 5.41) is 4.76. The summed E-state index contributed by atoms with van der Waals surface area (Å²) in [6.45, 7) is 4.65. The van der Waals surface area contributed by atoms with Gasteiger partial charge < -0.3 is 4.57 Å². The minimum Gasteiger partial charge on any atom is -0.304 e. The molecule has 4 nitrogen and oxygen atoms in total. The highest BCUT2D eigenvalue weighted by atomic mass is 79.9. The first-order chi connectivity index (χ1) is 10.6. The van der Waals surface area contributed by atoms with Gasteiger partial charge in [-0.3, -0.25) is 4.90 Å². The normalized spacial score (nSPS) is 14.7. The highest BCUT2D eigenvalue weighted by Gasteiger charge is 2.29. The van der Waals surface area contributed by atoms with Crippen molar-refractivity contribution < 1.29 is 0 Å². The van der Waals surface area contributed by atoms with E-state index in [2.05, 4.69) is 63.6 Å². The van der Waals surface area contributed by atoms with Crippen LogP contribution in [0.3, 0.4) is 0 Å². The maximum atomic E-state index is 5.59. The number of halogens is 1. The molecule has 6 heteroatoms. The highest BCUT2D eigenvalue weighted by Crippen LogP contribution is 2.39. The first-order valence-corrected chi connectivity index (χ1v) is 8.89. The Morgan fingerprint density at radius 1 is 1.32 bits per heavy atom. The zero-order valence-corrected chi connectivity index (χ0v) is 15.4. The number of benzene rings is 1. The van der Waals surface area contributed by atoms with Crippen LogP contribution in [0.15, 0.2) is 28.7 Å². The van der Waals surface area contributed by atoms with Gasteiger partial charge in [-0.05, 0) is 56.7 Å². The molecule has 3 rings (SSSR count). The fourth-order valence-electron chi connectivity index (χ4n) is 2.67. The number of hydrogen-bond donors (Lipinski definition) is 0. The van der Waals surface area contributed by atoms with Gasteiger partial charge in [0.25, 0.3) is 0 Å². The van der Waals surface area contributed by atoms with E-state index in [0.717, 1.165) is 29.0 Å². The van der Waals surface area contributed by atoms with Crippen molar-refractivity contribution in [2.75, 3.05) is 7.05 Å². The van der Waals surface area contributed by atoms with Crippen molar-refractivity contribution in [3.8, 4) is 0 Å². The van der Waals surface area contributed by atoms with E-state index in [0.29, 0.717) is 5.92 Å². The molecule has 1 fully saturated rings. The number of rotatable bonds is 6. The zero-order chi connectivity index (χ0) is 15.7. The van der Waals surface area contributed by atoms with Crippen LogP contribution in [-0.2, 0) is 19.8 Å². The zero-order valence-electron chi connectivity index (χ0n) is 13.0. The summed E-state index contributed by atoms with van der Waals surface area (Å²) < 4.78 is 6.09. The summed E-state index contributed by atoms with van der Waals surface area (Å²) in [4.78, 5) is 2.24. The van der Waals surface area contributed by atoms with Crippen LogP contribution in [0.4, 0.5) is 0 Å². The molecule has 1 aliphatic carbocycles. The number of nitrogens with zero attached hydrogens (tertiary/aromatic N) is 4. The first-order valence-electron chi connectivity index (χ1n) is 7.69. The molecule has 0 atom stereocenters. The van der Waals surface area contributed by atoms with Crippen molar-refractivity contribution in [2.45, 2.75) is 45.4 Å². The third kappa shape index (κ3) is 3.50. The van der Waals surface area contributed by atoms with E-state index in [-0.39, 0.29) is 0 Å². The summed E-state index contributed by atoms with van der Waals surface area (Å²) in [5.74, 6) is 1.80. The Kier molecular flexibility index (Phi) is 4.80. The van der Waals surface area contributed by atoms with Crippen molar-refractivity contribution in [1.82, 2.24) is 19.2 Å². The second-order valence-corrected chi connectivity index (χ2v) is 7.22. The molecule has 0 aliphatic heterocycles. The van der Waals surface area contributed by atoms with Gasteiger partial charge in [-0.15, -0.1) is 0 Å². The van der Waals surface area contributed by atoms with E-state index in [9.17, 15) is 0 Å². The van der Waals surface area contributed by atoms with Crippen LogP contribution in [0.1, 0.15) is 37.1 Å². The van der Waals surface area contributed by atoms with Gasteiger partial charge in [0.15, 0.2) is 4.77 Å². The van der Waals surface area contributed by atoms with E-state index in [4.69, 9.17) is 17.3 Å².